The zero-order valence-electron chi connectivity index (χ0n) is 7.28. The molecule has 4 nitrogen and oxygen atoms in total. The van der Waals surface area contributed by atoms with E-state index < -0.39 is 0 Å². The summed E-state index contributed by atoms with van der Waals surface area (Å²) in [4.78, 5) is 10.9. The fourth-order valence-corrected chi connectivity index (χ4v) is 0.892. The van der Waals surface area contributed by atoms with E-state index in [9.17, 15) is 4.79 Å². The van der Waals surface area contributed by atoms with Crippen molar-refractivity contribution in [2.75, 3.05) is 6.61 Å². The molecule has 1 aromatic rings. The maximum atomic E-state index is 10.9. The number of ether oxygens (including phenoxy) is 1. The first-order valence-corrected chi connectivity index (χ1v) is 3.87. The first-order chi connectivity index (χ1) is 5.72. The molecule has 0 aromatic carbocycles. The quantitative estimate of drug-likeness (QED) is 0.626. The molecule has 0 atom stereocenters. The molecule has 1 heterocycles. The van der Waals surface area contributed by atoms with Gasteiger partial charge in [-0.25, -0.2) is 0 Å². The lowest BCUT2D eigenvalue weighted by Gasteiger charge is -2.00. The summed E-state index contributed by atoms with van der Waals surface area (Å²) in [6.07, 6.45) is 3.51. The van der Waals surface area contributed by atoms with Gasteiger partial charge in [-0.15, -0.1) is 0 Å². The van der Waals surface area contributed by atoms with Gasteiger partial charge < -0.3 is 4.74 Å². The molecule has 0 aliphatic carbocycles. The average Bonchev–Trinajstić information content (AvgIpc) is 2.36. The highest BCUT2D eigenvalue weighted by Gasteiger charge is 2.02. The molecule has 1 aromatic heterocycles. The number of hydrogen-bond acceptors (Lipinski definition) is 3. The van der Waals surface area contributed by atoms with E-state index >= 15 is 0 Å². The highest BCUT2D eigenvalue weighted by Crippen LogP contribution is 1.94. The number of nitrogens with zero attached hydrogens (tertiary/aromatic N) is 2. The number of carbonyl (C=O) groups is 1. The summed E-state index contributed by atoms with van der Waals surface area (Å²) in [6.45, 7) is 4.32. The molecule has 0 spiro atoms. The molecule has 0 bridgehead atoms. The van der Waals surface area contributed by atoms with E-state index in [4.69, 9.17) is 4.74 Å². The van der Waals surface area contributed by atoms with Gasteiger partial charge in [-0.2, -0.15) is 5.10 Å². The second-order valence-electron chi connectivity index (χ2n) is 2.52. The molecular formula is C8H12N2O2. The Labute approximate surface area is 71.1 Å². The Balaban J connectivity index is 2.46. The summed E-state index contributed by atoms with van der Waals surface area (Å²) in [5, 5.41) is 3.95. The molecule has 0 radical (unpaired) electrons. The van der Waals surface area contributed by atoms with Gasteiger partial charge >= 0.3 is 5.97 Å². The van der Waals surface area contributed by atoms with Gasteiger partial charge in [-0.1, -0.05) is 0 Å². The van der Waals surface area contributed by atoms with Crippen molar-refractivity contribution >= 4 is 5.97 Å². The first kappa shape index (κ1) is 8.77. The Kier molecular flexibility index (Phi) is 2.85. The summed E-state index contributed by atoms with van der Waals surface area (Å²) in [6, 6.07) is 0. The SMILES string of the molecule is CCOC(=O)Cn1cc(C)cn1. The Morgan fingerprint density at radius 1 is 1.75 bits per heavy atom. The monoisotopic (exact) mass is 168 g/mol. The maximum Gasteiger partial charge on any atom is 0.327 e. The Bertz CT molecular complexity index is 268. The third-order valence-electron chi connectivity index (χ3n) is 1.36. The lowest BCUT2D eigenvalue weighted by atomic mass is 10.4. The number of carbonyl (C=O) groups excluding carboxylic acids is 1. The third-order valence-corrected chi connectivity index (χ3v) is 1.36. The highest BCUT2D eigenvalue weighted by atomic mass is 16.5. The van der Waals surface area contributed by atoms with Gasteiger partial charge in [0.25, 0.3) is 0 Å². The van der Waals surface area contributed by atoms with E-state index in [1.54, 1.807) is 24.0 Å². The van der Waals surface area contributed by atoms with Crippen LogP contribution in [0, 0.1) is 6.92 Å². The minimum atomic E-state index is -0.249. The molecular weight excluding hydrogens is 156 g/mol. The fourth-order valence-electron chi connectivity index (χ4n) is 0.892. The van der Waals surface area contributed by atoms with Crippen LogP contribution in [0.3, 0.4) is 0 Å². The van der Waals surface area contributed by atoms with E-state index in [0.29, 0.717) is 6.61 Å². The van der Waals surface area contributed by atoms with Crippen LogP contribution in [0.2, 0.25) is 0 Å². The predicted octanol–water partition coefficient (Wildman–Crippen LogP) is 0.755. The standard InChI is InChI=1S/C8H12N2O2/c1-3-12-8(11)6-10-5-7(2)4-9-10/h4-5H,3,6H2,1-2H3. The van der Waals surface area contributed by atoms with Gasteiger partial charge in [-0.3, -0.25) is 9.48 Å². The van der Waals surface area contributed by atoms with Crippen molar-refractivity contribution in [3.05, 3.63) is 18.0 Å². The van der Waals surface area contributed by atoms with Crippen LogP contribution in [-0.4, -0.2) is 22.4 Å². The van der Waals surface area contributed by atoms with Crippen molar-refractivity contribution in [1.82, 2.24) is 9.78 Å². The van der Waals surface area contributed by atoms with Crippen LogP contribution in [0.4, 0.5) is 0 Å². The number of rotatable bonds is 3. The van der Waals surface area contributed by atoms with E-state index in [0.717, 1.165) is 5.56 Å². The molecule has 0 fully saturated rings. The summed E-state index contributed by atoms with van der Waals surface area (Å²) in [7, 11) is 0. The molecule has 0 saturated heterocycles. The summed E-state index contributed by atoms with van der Waals surface area (Å²) in [5.41, 5.74) is 1.04. The smallest absolute Gasteiger partial charge is 0.327 e. The van der Waals surface area contributed by atoms with Crippen molar-refractivity contribution in [1.29, 1.82) is 0 Å². The minimum absolute atomic E-state index is 0.196. The third kappa shape index (κ3) is 2.38. The van der Waals surface area contributed by atoms with Crippen LogP contribution in [-0.2, 0) is 16.1 Å². The van der Waals surface area contributed by atoms with Crippen LogP contribution >= 0.6 is 0 Å². The van der Waals surface area contributed by atoms with Gasteiger partial charge in [0.2, 0.25) is 0 Å². The number of aryl methyl sites for hydroxylation is 1. The molecule has 12 heavy (non-hydrogen) atoms. The van der Waals surface area contributed by atoms with Gasteiger partial charge in [-0.05, 0) is 19.4 Å². The summed E-state index contributed by atoms with van der Waals surface area (Å²) in [5.74, 6) is -0.249. The minimum Gasteiger partial charge on any atom is -0.465 e. The van der Waals surface area contributed by atoms with E-state index in [1.165, 1.54) is 0 Å². The number of esters is 1. The van der Waals surface area contributed by atoms with Gasteiger partial charge in [0.1, 0.15) is 6.54 Å². The van der Waals surface area contributed by atoms with Crippen LogP contribution in [0.15, 0.2) is 12.4 Å². The highest BCUT2D eigenvalue weighted by molar-refractivity contribution is 5.68. The molecule has 0 N–H and O–H groups in total. The van der Waals surface area contributed by atoms with Crippen LogP contribution in [0.25, 0.3) is 0 Å². The fraction of sp³-hybridized carbons (Fsp3) is 0.500. The zero-order chi connectivity index (χ0) is 8.97. The lowest BCUT2D eigenvalue weighted by molar-refractivity contribution is -0.144. The first-order valence-electron chi connectivity index (χ1n) is 3.87. The average molecular weight is 168 g/mol. The molecule has 1 rings (SSSR count). The van der Waals surface area contributed by atoms with Crippen LogP contribution < -0.4 is 0 Å². The predicted molar refractivity (Wildman–Crippen MR) is 43.6 cm³/mol. The van der Waals surface area contributed by atoms with Gasteiger partial charge in [0.05, 0.1) is 12.8 Å². The Morgan fingerprint density at radius 3 is 3.00 bits per heavy atom. The van der Waals surface area contributed by atoms with Gasteiger partial charge in [0, 0.05) is 6.20 Å². The Hall–Kier alpha value is -1.32. The molecule has 0 unspecified atom stereocenters. The maximum absolute atomic E-state index is 10.9. The van der Waals surface area contributed by atoms with Crippen LogP contribution in [0.1, 0.15) is 12.5 Å². The van der Waals surface area contributed by atoms with E-state index in [1.807, 2.05) is 6.92 Å². The number of hydrogen-bond donors (Lipinski definition) is 0. The lowest BCUT2D eigenvalue weighted by Crippen LogP contribution is -2.13. The van der Waals surface area contributed by atoms with Crippen molar-refractivity contribution in [2.24, 2.45) is 0 Å². The molecule has 0 saturated carbocycles. The van der Waals surface area contributed by atoms with E-state index in [-0.39, 0.29) is 12.5 Å². The molecule has 4 heteroatoms. The largest absolute Gasteiger partial charge is 0.465 e. The number of aromatic nitrogens is 2. The van der Waals surface area contributed by atoms with Crippen LogP contribution in [0.5, 0.6) is 0 Å². The normalized spacial score (nSPS) is 9.83. The summed E-state index contributed by atoms with van der Waals surface area (Å²) < 4.78 is 6.32. The van der Waals surface area contributed by atoms with E-state index in [2.05, 4.69) is 5.10 Å². The molecule has 66 valence electrons. The van der Waals surface area contributed by atoms with Gasteiger partial charge in [0.15, 0.2) is 0 Å². The zero-order valence-corrected chi connectivity index (χ0v) is 7.28. The van der Waals surface area contributed by atoms with Crippen molar-refractivity contribution in [2.45, 2.75) is 20.4 Å². The topological polar surface area (TPSA) is 44.1 Å². The second kappa shape index (κ2) is 3.90. The molecule has 0 amide bonds. The Morgan fingerprint density at radius 2 is 2.50 bits per heavy atom. The van der Waals surface area contributed by atoms with Crippen molar-refractivity contribution in [3.8, 4) is 0 Å². The molecule has 0 aliphatic heterocycles. The van der Waals surface area contributed by atoms with Crippen molar-refractivity contribution in [3.63, 3.8) is 0 Å². The summed E-state index contributed by atoms with van der Waals surface area (Å²) >= 11 is 0. The second-order valence-corrected chi connectivity index (χ2v) is 2.52. The van der Waals surface area contributed by atoms with Crippen molar-refractivity contribution < 1.29 is 9.53 Å². The molecule has 0 aliphatic rings.